The van der Waals surface area contributed by atoms with Crippen LogP contribution in [0.1, 0.15) is 20.3 Å². The van der Waals surface area contributed by atoms with Crippen molar-refractivity contribution >= 4 is 22.6 Å². The molecule has 7 heteroatoms. The minimum Gasteiger partial charge on any atom is -0.315 e. The first-order valence-corrected chi connectivity index (χ1v) is 7.26. The highest BCUT2D eigenvalue weighted by molar-refractivity contribution is 7.86. The first-order valence-electron chi connectivity index (χ1n) is 5.86. The Hall–Kier alpha value is 0.120. The molecule has 1 aliphatic heterocycles. The van der Waals surface area contributed by atoms with E-state index in [-0.39, 0.29) is 12.4 Å². The maximum atomic E-state index is 12.2. The second kappa shape index (κ2) is 7.53. The minimum absolute atomic E-state index is 0. The summed E-state index contributed by atoms with van der Waals surface area (Å²) in [5, 5.41) is 3.20. The summed E-state index contributed by atoms with van der Waals surface area (Å²) in [5.74, 6) is 0.352. The highest BCUT2D eigenvalue weighted by Crippen LogP contribution is 2.10. The van der Waals surface area contributed by atoms with Gasteiger partial charge in [-0.05, 0) is 18.9 Å². The molecule has 0 aromatic heterocycles. The second-order valence-corrected chi connectivity index (χ2v) is 6.72. The van der Waals surface area contributed by atoms with Gasteiger partial charge in [-0.3, -0.25) is 0 Å². The van der Waals surface area contributed by atoms with E-state index in [2.05, 4.69) is 5.32 Å². The van der Waals surface area contributed by atoms with Crippen molar-refractivity contribution in [3.8, 4) is 0 Å². The summed E-state index contributed by atoms with van der Waals surface area (Å²) in [4.78, 5) is 0. The Morgan fingerprint density at radius 3 is 2.53 bits per heavy atom. The van der Waals surface area contributed by atoms with E-state index in [9.17, 15) is 8.42 Å². The zero-order valence-electron chi connectivity index (χ0n) is 10.8. The van der Waals surface area contributed by atoms with Crippen LogP contribution < -0.4 is 5.32 Å². The van der Waals surface area contributed by atoms with Crippen LogP contribution in [0.2, 0.25) is 0 Å². The first-order chi connectivity index (χ1) is 7.44. The van der Waals surface area contributed by atoms with E-state index in [1.807, 2.05) is 13.8 Å². The van der Waals surface area contributed by atoms with E-state index in [4.69, 9.17) is 0 Å². The molecule has 0 saturated carbocycles. The summed E-state index contributed by atoms with van der Waals surface area (Å²) < 4.78 is 27.4. The standard InChI is InChI=1S/C10H23N3O2S.ClH/c1-10(2)9-12(3)16(14,15)13-7-4-5-11-6-8-13;/h10-11H,4-9H2,1-3H3;1H. The van der Waals surface area contributed by atoms with Crippen LogP contribution in [0.5, 0.6) is 0 Å². The maximum absolute atomic E-state index is 12.2. The average molecular weight is 286 g/mol. The molecule has 0 aromatic carbocycles. The van der Waals surface area contributed by atoms with Gasteiger partial charge in [0.1, 0.15) is 0 Å². The zero-order valence-corrected chi connectivity index (χ0v) is 12.5. The van der Waals surface area contributed by atoms with Gasteiger partial charge in [-0.1, -0.05) is 13.8 Å². The lowest BCUT2D eigenvalue weighted by atomic mass is 10.2. The second-order valence-electron chi connectivity index (χ2n) is 4.68. The van der Waals surface area contributed by atoms with Crippen LogP contribution in [-0.2, 0) is 10.2 Å². The Morgan fingerprint density at radius 2 is 1.94 bits per heavy atom. The van der Waals surface area contributed by atoms with Crippen LogP contribution in [0.25, 0.3) is 0 Å². The van der Waals surface area contributed by atoms with E-state index in [1.165, 1.54) is 4.31 Å². The molecule has 0 aromatic rings. The van der Waals surface area contributed by atoms with Crippen LogP contribution in [0.4, 0.5) is 0 Å². The Balaban J connectivity index is 0.00000256. The molecule has 0 unspecified atom stereocenters. The van der Waals surface area contributed by atoms with Crippen molar-refractivity contribution in [3.63, 3.8) is 0 Å². The smallest absolute Gasteiger partial charge is 0.281 e. The predicted octanol–water partition coefficient (Wildman–Crippen LogP) is 0.536. The molecule has 1 aliphatic rings. The molecule has 0 aliphatic carbocycles. The largest absolute Gasteiger partial charge is 0.315 e. The lowest BCUT2D eigenvalue weighted by molar-refractivity contribution is 0.351. The third-order valence-electron chi connectivity index (χ3n) is 2.64. The Labute approximate surface area is 111 Å². The number of hydrogen-bond acceptors (Lipinski definition) is 3. The fourth-order valence-corrected chi connectivity index (χ4v) is 3.42. The highest BCUT2D eigenvalue weighted by atomic mass is 35.5. The van der Waals surface area contributed by atoms with Crippen LogP contribution in [-0.4, -0.2) is 56.8 Å². The number of nitrogens with one attached hydrogen (secondary N) is 1. The molecule has 1 fully saturated rings. The molecule has 0 bridgehead atoms. The molecule has 0 spiro atoms. The van der Waals surface area contributed by atoms with E-state index < -0.39 is 10.2 Å². The fraction of sp³-hybridized carbons (Fsp3) is 1.00. The van der Waals surface area contributed by atoms with Gasteiger partial charge in [0.15, 0.2) is 0 Å². The van der Waals surface area contributed by atoms with Crippen LogP contribution in [0.3, 0.4) is 0 Å². The summed E-state index contributed by atoms with van der Waals surface area (Å²) in [7, 11) is -1.59. The van der Waals surface area contributed by atoms with Gasteiger partial charge in [0.25, 0.3) is 10.2 Å². The third kappa shape index (κ3) is 5.09. The van der Waals surface area contributed by atoms with Crippen molar-refractivity contribution in [3.05, 3.63) is 0 Å². The van der Waals surface area contributed by atoms with E-state index in [0.717, 1.165) is 19.5 Å². The minimum atomic E-state index is -3.25. The third-order valence-corrected chi connectivity index (χ3v) is 4.60. The summed E-state index contributed by atoms with van der Waals surface area (Å²) >= 11 is 0. The van der Waals surface area contributed by atoms with E-state index in [1.54, 1.807) is 11.4 Å². The number of halogens is 1. The zero-order chi connectivity index (χ0) is 12.2. The van der Waals surface area contributed by atoms with Gasteiger partial charge in [-0.15, -0.1) is 12.4 Å². The SMILES string of the molecule is CC(C)CN(C)S(=O)(=O)N1CCCNCC1.Cl. The van der Waals surface area contributed by atoms with Gasteiger partial charge >= 0.3 is 0 Å². The molecular weight excluding hydrogens is 262 g/mol. The summed E-state index contributed by atoms with van der Waals surface area (Å²) in [6.07, 6.45) is 0.884. The molecule has 1 N–H and O–H groups in total. The van der Waals surface area contributed by atoms with Crippen molar-refractivity contribution in [1.29, 1.82) is 0 Å². The molecule has 0 atom stereocenters. The van der Waals surface area contributed by atoms with Gasteiger partial charge < -0.3 is 5.32 Å². The fourth-order valence-electron chi connectivity index (χ4n) is 1.86. The van der Waals surface area contributed by atoms with Gasteiger partial charge in [-0.25, -0.2) is 0 Å². The topological polar surface area (TPSA) is 52.7 Å². The van der Waals surface area contributed by atoms with Crippen LogP contribution >= 0.6 is 12.4 Å². The summed E-state index contributed by atoms with van der Waals surface area (Å²) in [6, 6.07) is 0. The molecule has 1 saturated heterocycles. The number of rotatable bonds is 4. The van der Waals surface area contributed by atoms with Crippen molar-refractivity contribution < 1.29 is 8.42 Å². The summed E-state index contributed by atoms with van der Waals surface area (Å²) in [5.41, 5.74) is 0. The van der Waals surface area contributed by atoms with Gasteiger partial charge in [0.05, 0.1) is 0 Å². The van der Waals surface area contributed by atoms with Gasteiger partial charge in [-0.2, -0.15) is 17.0 Å². The van der Waals surface area contributed by atoms with E-state index in [0.29, 0.717) is 25.6 Å². The number of nitrogens with zero attached hydrogens (tertiary/aromatic N) is 2. The van der Waals surface area contributed by atoms with Gasteiger partial charge in [0.2, 0.25) is 0 Å². The lowest BCUT2D eigenvalue weighted by Crippen LogP contribution is -2.44. The van der Waals surface area contributed by atoms with Crippen molar-refractivity contribution in [2.24, 2.45) is 5.92 Å². The van der Waals surface area contributed by atoms with Gasteiger partial charge in [0, 0.05) is 33.2 Å². The van der Waals surface area contributed by atoms with Crippen LogP contribution in [0, 0.1) is 5.92 Å². The molecular formula is C10H24ClN3O2S. The number of hydrogen-bond donors (Lipinski definition) is 1. The molecule has 5 nitrogen and oxygen atoms in total. The quantitative estimate of drug-likeness (QED) is 0.820. The van der Waals surface area contributed by atoms with E-state index >= 15 is 0 Å². The molecule has 0 amide bonds. The molecule has 1 rings (SSSR count). The molecule has 1 heterocycles. The lowest BCUT2D eigenvalue weighted by Gasteiger charge is -2.27. The van der Waals surface area contributed by atoms with Crippen molar-refractivity contribution in [2.45, 2.75) is 20.3 Å². The van der Waals surface area contributed by atoms with Crippen molar-refractivity contribution in [1.82, 2.24) is 13.9 Å². The average Bonchev–Trinajstić information content (AvgIpc) is 2.44. The monoisotopic (exact) mass is 285 g/mol. The normalized spacial score (nSPS) is 19.1. The molecule has 0 radical (unpaired) electrons. The Morgan fingerprint density at radius 1 is 1.29 bits per heavy atom. The Bertz CT molecular complexity index is 301. The van der Waals surface area contributed by atoms with Crippen LogP contribution in [0.15, 0.2) is 0 Å². The predicted molar refractivity (Wildman–Crippen MR) is 72.7 cm³/mol. The van der Waals surface area contributed by atoms with Crippen molar-refractivity contribution in [2.75, 3.05) is 39.8 Å². The maximum Gasteiger partial charge on any atom is 0.281 e. The Kier molecular flexibility index (Phi) is 7.58. The first kappa shape index (κ1) is 17.1. The highest BCUT2D eigenvalue weighted by Gasteiger charge is 2.27. The molecule has 104 valence electrons. The summed E-state index contributed by atoms with van der Waals surface area (Å²) in [6.45, 7) is 7.47. The molecule has 17 heavy (non-hydrogen) atoms.